The fourth-order valence-corrected chi connectivity index (χ4v) is 3.17. The summed E-state index contributed by atoms with van der Waals surface area (Å²) in [4.78, 5) is 28.0. The quantitative estimate of drug-likeness (QED) is 0.840. The van der Waals surface area contributed by atoms with Crippen LogP contribution in [0.2, 0.25) is 0 Å². The molecule has 0 atom stereocenters. The van der Waals surface area contributed by atoms with E-state index in [2.05, 4.69) is 10.3 Å². The molecule has 1 amide bonds. The first-order valence-corrected chi connectivity index (χ1v) is 8.56. The third-order valence-corrected chi connectivity index (χ3v) is 4.94. The number of amides is 1. The van der Waals surface area contributed by atoms with Gasteiger partial charge < -0.3 is 15.2 Å². The molecule has 1 aromatic heterocycles. The summed E-state index contributed by atoms with van der Waals surface area (Å²) in [5.74, 6) is -0.827. The van der Waals surface area contributed by atoms with Crippen molar-refractivity contribution in [3.05, 3.63) is 45.9 Å². The number of carbonyl (C=O) groups is 2. The highest BCUT2D eigenvalue weighted by Crippen LogP contribution is 2.32. The van der Waals surface area contributed by atoms with E-state index < -0.39 is 17.4 Å². The molecule has 1 fully saturated rings. The number of thiazole rings is 1. The van der Waals surface area contributed by atoms with Crippen molar-refractivity contribution in [2.45, 2.75) is 38.3 Å². The number of carboxylic acids is 1. The molecule has 1 saturated carbocycles. The molecule has 1 aliphatic rings. The Morgan fingerprint density at radius 3 is 2.79 bits per heavy atom. The minimum atomic E-state index is -1.12. The zero-order valence-electron chi connectivity index (χ0n) is 13.2. The number of hydrogen-bond acceptors (Lipinski definition) is 5. The average Bonchev–Trinajstić information content (AvgIpc) is 2.94. The first kappa shape index (κ1) is 16.4. The summed E-state index contributed by atoms with van der Waals surface area (Å²) < 4.78 is 5.66. The summed E-state index contributed by atoms with van der Waals surface area (Å²) in [7, 11) is 0. The molecule has 2 aromatic rings. The van der Waals surface area contributed by atoms with Gasteiger partial charge in [-0.25, -0.2) is 9.78 Å². The van der Waals surface area contributed by atoms with E-state index in [4.69, 9.17) is 4.74 Å². The van der Waals surface area contributed by atoms with Crippen molar-refractivity contribution in [3.63, 3.8) is 0 Å². The van der Waals surface area contributed by atoms with Crippen LogP contribution in [0.15, 0.2) is 29.6 Å². The van der Waals surface area contributed by atoms with Gasteiger partial charge in [0.05, 0.1) is 10.7 Å². The van der Waals surface area contributed by atoms with E-state index in [0.29, 0.717) is 30.8 Å². The molecule has 1 heterocycles. The normalized spacial score (nSPS) is 15.4. The summed E-state index contributed by atoms with van der Waals surface area (Å²) in [6.45, 7) is 2.26. The maximum absolute atomic E-state index is 12.3. The number of nitrogens with one attached hydrogen (secondary N) is 1. The number of carbonyl (C=O) groups excluding carboxylic acids is 1. The first-order valence-electron chi connectivity index (χ1n) is 7.68. The Bertz CT molecular complexity index is 767. The van der Waals surface area contributed by atoms with Gasteiger partial charge in [0.2, 0.25) is 0 Å². The van der Waals surface area contributed by atoms with E-state index >= 15 is 0 Å². The van der Waals surface area contributed by atoms with Crippen LogP contribution in [-0.2, 0) is 11.4 Å². The lowest BCUT2D eigenvalue weighted by Gasteiger charge is -2.38. The van der Waals surface area contributed by atoms with Crippen LogP contribution in [0.25, 0.3) is 0 Å². The molecular formula is C17H18N2O4S. The number of ether oxygens (including phenoxy) is 1. The Morgan fingerprint density at radius 2 is 2.21 bits per heavy atom. The number of aliphatic carboxylic acids is 1. The van der Waals surface area contributed by atoms with Crippen LogP contribution in [-0.4, -0.2) is 27.5 Å². The van der Waals surface area contributed by atoms with Crippen LogP contribution in [0.1, 0.15) is 40.3 Å². The van der Waals surface area contributed by atoms with Gasteiger partial charge in [0.15, 0.2) is 0 Å². The lowest BCUT2D eigenvalue weighted by Crippen LogP contribution is -2.59. The SMILES string of the molecule is Cc1nc(COc2cccc(C(=O)NC3(C(=O)O)CCC3)c2)cs1. The molecule has 0 bridgehead atoms. The Hall–Kier alpha value is -2.41. The minimum Gasteiger partial charge on any atom is -0.487 e. The van der Waals surface area contributed by atoms with Gasteiger partial charge in [0.25, 0.3) is 5.91 Å². The fourth-order valence-electron chi connectivity index (χ4n) is 2.57. The van der Waals surface area contributed by atoms with E-state index in [0.717, 1.165) is 17.1 Å². The van der Waals surface area contributed by atoms with Crippen molar-refractivity contribution in [3.8, 4) is 5.75 Å². The second-order valence-corrected chi connectivity index (χ2v) is 6.93. The zero-order chi connectivity index (χ0) is 17.2. The van der Waals surface area contributed by atoms with Gasteiger partial charge in [0.1, 0.15) is 17.9 Å². The van der Waals surface area contributed by atoms with Crippen molar-refractivity contribution in [2.75, 3.05) is 0 Å². The molecule has 7 heteroatoms. The largest absolute Gasteiger partial charge is 0.487 e. The minimum absolute atomic E-state index is 0.328. The molecule has 0 saturated heterocycles. The number of hydrogen-bond donors (Lipinski definition) is 2. The Labute approximate surface area is 143 Å². The number of aromatic nitrogens is 1. The van der Waals surface area contributed by atoms with Gasteiger partial charge in [-0.1, -0.05) is 6.07 Å². The van der Waals surface area contributed by atoms with E-state index in [1.807, 2.05) is 12.3 Å². The van der Waals surface area contributed by atoms with Gasteiger partial charge in [0, 0.05) is 10.9 Å². The zero-order valence-corrected chi connectivity index (χ0v) is 14.1. The molecule has 0 radical (unpaired) electrons. The summed E-state index contributed by atoms with van der Waals surface area (Å²) in [6.07, 6.45) is 1.74. The molecule has 1 aliphatic carbocycles. The number of aryl methyl sites for hydroxylation is 1. The number of benzene rings is 1. The van der Waals surface area contributed by atoms with Crippen molar-refractivity contribution in [1.29, 1.82) is 0 Å². The Balaban J connectivity index is 1.66. The average molecular weight is 346 g/mol. The number of rotatable bonds is 6. The third-order valence-electron chi connectivity index (χ3n) is 4.12. The van der Waals surface area contributed by atoms with Gasteiger partial charge in [-0.05, 0) is 44.4 Å². The summed E-state index contributed by atoms with van der Waals surface area (Å²) in [5.41, 5.74) is 0.104. The molecule has 24 heavy (non-hydrogen) atoms. The van der Waals surface area contributed by atoms with E-state index in [9.17, 15) is 14.7 Å². The molecule has 0 unspecified atom stereocenters. The van der Waals surface area contributed by atoms with E-state index in [-0.39, 0.29) is 0 Å². The molecule has 6 nitrogen and oxygen atoms in total. The van der Waals surface area contributed by atoms with Crippen molar-refractivity contribution in [1.82, 2.24) is 10.3 Å². The molecule has 0 aliphatic heterocycles. The standard InChI is InChI=1S/C17H18N2O4S/c1-11-18-13(10-24-11)9-23-14-5-2-4-12(8-14)15(20)19-17(16(21)22)6-3-7-17/h2,4-5,8,10H,3,6-7,9H2,1H3,(H,19,20)(H,21,22). The van der Waals surface area contributed by atoms with Gasteiger partial charge in [-0.15, -0.1) is 11.3 Å². The van der Waals surface area contributed by atoms with Gasteiger partial charge in [-0.2, -0.15) is 0 Å². The van der Waals surface area contributed by atoms with Crippen LogP contribution in [0.4, 0.5) is 0 Å². The maximum atomic E-state index is 12.3. The second kappa shape index (κ2) is 6.60. The molecule has 2 N–H and O–H groups in total. The van der Waals surface area contributed by atoms with Crippen molar-refractivity contribution in [2.24, 2.45) is 0 Å². The lowest BCUT2D eigenvalue weighted by molar-refractivity contribution is -0.148. The van der Waals surface area contributed by atoms with Crippen molar-refractivity contribution < 1.29 is 19.4 Å². The van der Waals surface area contributed by atoms with E-state index in [1.165, 1.54) is 0 Å². The number of carboxylic acid groups (broad SMARTS) is 1. The van der Waals surface area contributed by atoms with Crippen LogP contribution in [0, 0.1) is 6.92 Å². The second-order valence-electron chi connectivity index (χ2n) is 5.87. The van der Waals surface area contributed by atoms with E-state index in [1.54, 1.807) is 35.6 Å². The van der Waals surface area contributed by atoms with Crippen LogP contribution < -0.4 is 10.1 Å². The Morgan fingerprint density at radius 1 is 1.42 bits per heavy atom. The van der Waals surface area contributed by atoms with Gasteiger partial charge >= 0.3 is 5.97 Å². The molecule has 1 aromatic carbocycles. The topological polar surface area (TPSA) is 88.5 Å². The highest BCUT2D eigenvalue weighted by atomic mass is 32.1. The highest BCUT2D eigenvalue weighted by Gasteiger charge is 2.45. The third kappa shape index (κ3) is 3.41. The molecular weight excluding hydrogens is 328 g/mol. The summed E-state index contributed by atoms with van der Waals surface area (Å²) in [6, 6.07) is 6.73. The fraction of sp³-hybridized carbons (Fsp3) is 0.353. The summed E-state index contributed by atoms with van der Waals surface area (Å²) >= 11 is 1.55. The van der Waals surface area contributed by atoms with Crippen LogP contribution in [0.5, 0.6) is 5.75 Å². The molecule has 0 spiro atoms. The molecule has 126 valence electrons. The molecule has 3 rings (SSSR count). The van der Waals surface area contributed by atoms with Crippen molar-refractivity contribution >= 4 is 23.2 Å². The number of nitrogens with zero attached hydrogens (tertiary/aromatic N) is 1. The van der Waals surface area contributed by atoms with Crippen LogP contribution >= 0.6 is 11.3 Å². The smallest absolute Gasteiger partial charge is 0.329 e. The predicted octanol–water partition coefficient (Wildman–Crippen LogP) is 2.77. The Kier molecular flexibility index (Phi) is 4.53. The first-order chi connectivity index (χ1) is 11.5. The van der Waals surface area contributed by atoms with Crippen LogP contribution in [0.3, 0.4) is 0 Å². The maximum Gasteiger partial charge on any atom is 0.329 e. The monoisotopic (exact) mass is 346 g/mol. The lowest BCUT2D eigenvalue weighted by atomic mass is 9.76. The van der Waals surface area contributed by atoms with Gasteiger partial charge in [-0.3, -0.25) is 4.79 Å². The predicted molar refractivity (Wildman–Crippen MR) is 89.3 cm³/mol. The summed E-state index contributed by atoms with van der Waals surface area (Å²) in [5, 5.41) is 14.8. The highest BCUT2D eigenvalue weighted by molar-refractivity contribution is 7.09.